The van der Waals surface area contributed by atoms with Crippen LogP contribution in [0.1, 0.15) is 37.4 Å². The van der Waals surface area contributed by atoms with Crippen molar-refractivity contribution in [3.05, 3.63) is 35.4 Å². The lowest BCUT2D eigenvalue weighted by Gasteiger charge is -2.35. The van der Waals surface area contributed by atoms with Gasteiger partial charge in [0.1, 0.15) is 0 Å². The number of hydrogen-bond donors (Lipinski definition) is 2. The van der Waals surface area contributed by atoms with Gasteiger partial charge in [0.15, 0.2) is 0 Å². The van der Waals surface area contributed by atoms with Crippen LogP contribution in [0.4, 0.5) is 4.79 Å². The van der Waals surface area contributed by atoms with Gasteiger partial charge in [0.05, 0.1) is 12.1 Å². The molecule has 3 unspecified atom stereocenters. The van der Waals surface area contributed by atoms with E-state index in [1.54, 1.807) is 4.90 Å². The molecule has 2 N–H and O–H groups in total. The number of carbonyl (C=O) groups excluding carboxylic acids is 1. The third kappa shape index (κ3) is 3.31. The molecule has 4 nitrogen and oxygen atoms in total. The summed E-state index contributed by atoms with van der Waals surface area (Å²) in [6, 6.07) is 7.94. The average Bonchev–Trinajstić information content (AvgIpc) is 2.42. The Balaban J connectivity index is 1.96. The van der Waals surface area contributed by atoms with E-state index in [0.29, 0.717) is 13.1 Å². The standard InChI is InChI=1S/C16H24N2O2/c1-11-6-4-5-7-14(11)13(3)17-16(20)18-9-8-12(2)15(19)10-18/h4-7,12-13,15,19H,8-10H2,1-3H3,(H,17,20). The van der Waals surface area contributed by atoms with Crippen LogP contribution in [0.3, 0.4) is 0 Å². The molecule has 0 aliphatic carbocycles. The summed E-state index contributed by atoms with van der Waals surface area (Å²) in [4.78, 5) is 14.0. The normalized spacial score (nSPS) is 24.3. The molecule has 1 heterocycles. The fraction of sp³-hybridized carbons (Fsp3) is 0.562. The van der Waals surface area contributed by atoms with Crippen molar-refractivity contribution >= 4 is 6.03 Å². The van der Waals surface area contributed by atoms with Crippen LogP contribution in [0.2, 0.25) is 0 Å². The van der Waals surface area contributed by atoms with E-state index in [1.807, 2.05) is 45.0 Å². The lowest BCUT2D eigenvalue weighted by atomic mass is 9.96. The van der Waals surface area contributed by atoms with Crippen molar-refractivity contribution in [2.24, 2.45) is 5.92 Å². The monoisotopic (exact) mass is 276 g/mol. The van der Waals surface area contributed by atoms with Gasteiger partial charge in [-0.3, -0.25) is 0 Å². The third-order valence-electron chi connectivity index (χ3n) is 4.20. The minimum atomic E-state index is -0.414. The topological polar surface area (TPSA) is 52.6 Å². The molecule has 110 valence electrons. The molecule has 1 saturated heterocycles. The molecular weight excluding hydrogens is 252 g/mol. The Kier molecular flexibility index (Phi) is 4.65. The molecule has 2 rings (SSSR count). The number of aliphatic hydroxyl groups is 1. The number of carbonyl (C=O) groups is 1. The highest BCUT2D eigenvalue weighted by Gasteiger charge is 2.27. The van der Waals surface area contributed by atoms with Gasteiger partial charge in [-0.15, -0.1) is 0 Å². The van der Waals surface area contributed by atoms with Gasteiger partial charge >= 0.3 is 6.03 Å². The number of nitrogens with one attached hydrogen (secondary N) is 1. The van der Waals surface area contributed by atoms with Crippen LogP contribution >= 0.6 is 0 Å². The number of amides is 2. The van der Waals surface area contributed by atoms with Gasteiger partial charge in [-0.05, 0) is 37.3 Å². The summed E-state index contributed by atoms with van der Waals surface area (Å²) in [7, 11) is 0. The summed E-state index contributed by atoms with van der Waals surface area (Å²) in [5, 5.41) is 12.9. The second-order valence-corrected chi connectivity index (χ2v) is 5.81. The van der Waals surface area contributed by atoms with Gasteiger partial charge in [-0.25, -0.2) is 4.79 Å². The Morgan fingerprint density at radius 2 is 2.15 bits per heavy atom. The van der Waals surface area contributed by atoms with Gasteiger partial charge in [0.2, 0.25) is 0 Å². The van der Waals surface area contributed by atoms with Crippen LogP contribution in [0, 0.1) is 12.8 Å². The van der Waals surface area contributed by atoms with Gasteiger partial charge < -0.3 is 15.3 Å². The van der Waals surface area contributed by atoms with Crippen LogP contribution in [0.5, 0.6) is 0 Å². The molecule has 0 aromatic heterocycles. The van der Waals surface area contributed by atoms with Gasteiger partial charge in [-0.2, -0.15) is 0 Å². The zero-order chi connectivity index (χ0) is 14.7. The fourth-order valence-electron chi connectivity index (χ4n) is 2.66. The molecule has 20 heavy (non-hydrogen) atoms. The van der Waals surface area contributed by atoms with E-state index in [4.69, 9.17) is 0 Å². The Hall–Kier alpha value is -1.55. The lowest BCUT2D eigenvalue weighted by molar-refractivity contribution is 0.0431. The largest absolute Gasteiger partial charge is 0.391 e. The lowest BCUT2D eigenvalue weighted by Crippen LogP contribution is -2.50. The third-order valence-corrected chi connectivity index (χ3v) is 4.20. The number of benzene rings is 1. The Labute approximate surface area is 120 Å². The first-order valence-electron chi connectivity index (χ1n) is 7.28. The van der Waals surface area contributed by atoms with Crippen molar-refractivity contribution in [1.29, 1.82) is 0 Å². The minimum absolute atomic E-state index is 0.0276. The Morgan fingerprint density at radius 3 is 2.80 bits per heavy atom. The average molecular weight is 276 g/mol. The Bertz CT molecular complexity index is 475. The number of aliphatic hydroxyl groups excluding tert-OH is 1. The number of rotatable bonds is 2. The molecule has 0 saturated carbocycles. The number of β-amino-alcohol motifs (C(OH)–C–C–N with tert-alkyl or cyclic N) is 1. The Morgan fingerprint density at radius 1 is 1.45 bits per heavy atom. The minimum Gasteiger partial charge on any atom is -0.391 e. The SMILES string of the molecule is Cc1ccccc1C(C)NC(=O)N1CCC(C)C(O)C1. The zero-order valence-electron chi connectivity index (χ0n) is 12.5. The van der Waals surface area contributed by atoms with Crippen LogP contribution < -0.4 is 5.32 Å². The number of urea groups is 1. The van der Waals surface area contributed by atoms with Crippen molar-refractivity contribution in [2.45, 2.75) is 39.3 Å². The van der Waals surface area contributed by atoms with E-state index in [-0.39, 0.29) is 18.0 Å². The molecule has 2 amide bonds. The molecule has 4 heteroatoms. The predicted molar refractivity (Wildman–Crippen MR) is 79.5 cm³/mol. The molecule has 1 aliphatic rings. The maximum absolute atomic E-state index is 12.2. The van der Waals surface area contributed by atoms with Gasteiger partial charge in [0.25, 0.3) is 0 Å². The summed E-state index contributed by atoms with van der Waals surface area (Å²) >= 11 is 0. The molecule has 0 radical (unpaired) electrons. The molecule has 1 fully saturated rings. The van der Waals surface area contributed by atoms with Gasteiger partial charge in [0, 0.05) is 13.1 Å². The van der Waals surface area contributed by atoms with E-state index in [1.165, 1.54) is 5.56 Å². The molecule has 1 aliphatic heterocycles. The number of nitrogens with zero attached hydrogens (tertiary/aromatic N) is 1. The van der Waals surface area contributed by atoms with Crippen molar-refractivity contribution < 1.29 is 9.90 Å². The highest BCUT2D eigenvalue weighted by molar-refractivity contribution is 5.75. The van der Waals surface area contributed by atoms with E-state index < -0.39 is 6.10 Å². The second kappa shape index (κ2) is 6.27. The molecule has 0 bridgehead atoms. The maximum atomic E-state index is 12.2. The van der Waals surface area contributed by atoms with E-state index >= 15 is 0 Å². The summed E-state index contributed by atoms with van der Waals surface area (Å²) in [6.07, 6.45) is 0.441. The summed E-state index contributed by atoms with van der Waals surface area (Å²) < 4.78 is 0. The van der Waals surface area contributed by atoms with Crippen LogP contribution in [-0.2, 0) is 0 Å². The number of aryl methyl sites for hydroxylation is 1. The molecule has 3 atom stereocenters. The molecular formula is C16H24N2O2. The van der Waals surface area contributed by atoms with Crippen molar-refractivity contribution in [3.63, 3.8) is 0 Å². The van der Waals surface area contributed by atoms with E-state index in [2.05, 4.69) is 5.32 Å². The zero-order valence-corrected chi connectivity index (χ0v) is 12.5. The van der Waals surface area contributed by atoms with E-state index in [0.717, 1.165) is 12.0 Å². The number of piperidine rings is 1. The highest BCUT2D eigenvalue weighted by atomic mass is 16.3. The quantitative estimate of drug-likeness (QED) is 0.872. The predicted octanol–water partition coefficient (Wildman–Crippen LogP) is 2.47. The first-order chi connectivity index (χ1) is 9.49. The second-order valence-electron chi connectivity index (χ2n) is 5.81. The number of hydrogen-bond acceptors (Lipinski definition) is 2. The first kappa shape index (κ1) is 14.9. The van der Waals surface area contributed by atoms with Crippen molar-refractivity contribution in [2.75, 3.05) is 13.1 Å². The van der Waals surface area contributed by atoms with Gasteiger partial charge in [-0.1, -0.05) is 31.2 Å². The summed E-state index contributed by atoms with van der Waals surface area (Å²) in [6.45, 7) is 7.20. The summed E-state index contributed by atoms with van der Waals surface area (Å²) in [5.74, 6) is 0.271. The van der Waals surface area contributed by atoms with Crippen LogP contribution in [0.25, 0.3) is 0 Å². The molecule has 0 spiro atoms. The van der Waals surface area contributed by atoms with Crippen LogP contribution in [-0.4, -0.2) is 35.2 Å². The van der Waals surface area contributed by atoms with E-state index in [9.17, 15) is 9.90 Å². The highest BCUT2D eigenvalue weighted by Crippen LogP contribution is 2.19. The fourth-order valence-corrected chi connectivity index (χ4v) is 2.66. The molecule has 1 aromatic carbocycles. The number of likely N-dealkylation sites (tertiary alicyclic amines) is 1. The smallest absolute Gasteiger partial charge is 0.317 e. The summed E-state index contributed by atoms with van der Waals surface area (Å²) in [5.41, 5.74) is 2.30. The maximum Gasteiger partial charge on any atom is 0.317 e. The first-order valence-corrected chi connectivity index (χ1v) is 7.28. The van der Waals surface area contributed by atoms with Crippen molar-refractivity contribution in [3.8, 4) is 0 Å². The van der Waals surface area contributed by atoms with Crippen LogP contribution in [0.15, 0.2) is 24.3 Å². The van der Waals surface area contributed by atoms with Crippen molar-refractivity contribution in [1.82, 2.24) is 10.2 Å². The molecule has 1 aromatic rings.